The zero-order chi connectivity index (χ0) is 12.1. The standard InChI is InChI=1S/C13H25ClN2O/c1-12(14)13-2-4-15(5-3-13)6-7-16-8-10-17-11-9-16/h12-13H,2-11H2,1H3. The topological polar surface area (TPSA) is 15.7 Å². The van der Waals surface area contributed by atoms with Crippen molar-refractivity contribution < 1.29 is 4.74 Å². The third-order valence-corrected chi connectivity index (χ3v) is 4.47. The lowest BCUT2D eigenvalue weighted by Gasteiger charge is -2.35. The van der Waals surface area contributed by atoms with Crippen molar-refractivity contribution >= 4 is 11.6 Å². The van der Waals surface area contributed by atoms with Crippen LogP contribution in [0.3, 0.4) is 0 Å². The van der Waals surface area contributed by atoms with Crippen LogP contribution in [0.2, 0.25) is 0 Å². The van der Waals surface area contributed by atoms with Crippen molar-refractivity contribution in [3.63, 3.8) is 0 Å². The van der Waals surface area contributed by atoms with E-state index in [1.165, 1.54) is 39.0 Å². The molecule has 0 aromatic rings. The van der Waals surface area contributed by atoms with Crippen molar-refractivity contribution in [2.24, 2.45) is 5.92 Å². The highest BCUT2D eigenvalue weighted by atomic mass is 35.5. The summed E-state index contributed by atoms with van der Waals surface area (Å²) >= 11 is 6.16. The highest BCUT2D eigenvalue weighted by Gasteiger charge is 2.22. The van der Waals surface area contributed by atoms with Crippen molar-refractivity contribution in [1.82, 2.24) is 9.80 Å². The predicted octanol–water partition coefficient (Wildman–Crippen LogP) is 1.66. The molecule has 1 unspecified atom stereocenters. The molecule has 100 valence electrons. The minimum absolute atomic E-state index is 0.344. The van der Waals surface area contributed by atoms with Crippen LogP contribution in [0.25, 0.3) is 0 Å². The van der Waals surface area contributed by atoms with E-state index < -0.39 is 0 Å². The molecule has 17 heavy (non-hydrogen) atoms. The molecule has 0 saturated carbocycles. The van der Waals surface area contributed by atoms with Gasteiger partial charge in [-0.2, -0.15) is 0 Å². The molecule has 0 bridgehead atoms. The van der Waals surface area contributed by atoms with Gasteiger partial charge in [-0.1, -0.05) is 0 Å². The van der Waals surface area contributed by atoms with Gasteiger partial charge < -0.3 is 9.64 Å². The molecule has 1 atom stereocenters. The molecule has 0 spiro atoms. The summed E-state index contributed by atoms with van der Waals surface area (Å²) in [6.07, 6.45) is 2.54. The second-order valence-corrected chi connectivity index (χ2v) is 6.00. The Bertz CT molecular complexity index is 211. The normalized spacial score (nSPS) is 27.2. The second kappa shape index (κ2) is 6.93. The number of ether oxygens (including phenoxy) is 1. The fraction of sp³-hybridized carbons (Fsp3) is 1.00. The number of hydrogen-bond acceptors (Lipinski definition) is 3. The summed E-state index contributed by atoms with van der Waals surface area (Å²) < 4.78 is 5.36. The van der Waals surface area contributed by atoms with Crippen molar-refractivity contribution in [1.29, 1.82) is 0 Å². The number of rotatable bonds is 4. The molecule has 2 aliphatic heterocycles. The van der Waals surface area contributed by atoms with E-state index in [0.29, 0.717) is 5.38 Å². The molecule has 0 aromatic heterocycles. The van der Waals surface area contributed by atoms with E-state index >= 15 is 0 Å². The number of halogens is 1. The molecule has 0 aliphatic carbocycles. The van der Waals surface area contributed by atoms with E-state index in [1.54, 1.807) is 0 Å². The number of hydrogen-bond donors (Lipinski definition) is 0. The maximum Gasteiger partial charge on any atom is 0.0594 e. The molecule has 2 saturated heterocycles. The Kier molecular flexibility index (Phi) is 5.54. The molecule has 0 N–H and O–H groups in total. The maximum atomic E-state index is 6.16. The first kappa shape index (κ1) is 13.6. The van der Waals surface area contributed by atoms with E-state index in [2.05, 4.69) is 16.7 Å². The first-order chi connectivity index (χ1) is 8.25. The lowest BCUT2D eigenvalue weighted by molar-refractivity contribution is 0.0314. The van der Waals surface area contributed by atoms with Crippen LogP contribution >= 0.6 is 11.6 Å². The lowest BCUT2D eigenvalue weighted by atomic mass is 9.94. The maximum absolute atomic E-state index is 6.16. The van der Waals surface area contributed by atoms with Crippen molar-refractivity contribution in [3.8, 4) is 0 Å². The van der Waals surface area contributed by atoms with Crippen LogP contribution in [0, 0.1) is 5.92 Å². The van der Waals surface area contributed by atoms with Gasteiger partial charge in [-0.25, -0.2) is 0 Å². The molecule has 3 nitrogen and oxygen atoms in total. The Morgan fingerprint density at radius 3 is 2.12 bits per heavy atom. The fourth-order valence-electron chi connectivity index (χ4n) is 2.74. The minimum Gasteiger partial charge on any atom is -0.379 e. The van der Waals surface area contributed by atoms with Crippen molar-refractivity contribution in [3.05, 3.63) is 0 Å². The van der Waals surface area contributed by atoms with E-state index in [1.807, 2.05) is 0 Å². The Labute approximate surface area is 110 Å². The number of likely N-dealkylation sites (tertiary alicyclic amines) is 1. The largest absolute Gasteiger partial charge is 0.379 e. The van der Waals surface area contributed by atoms with Crippen molar-refractivity contribution in [2.45, 2.75) is 25.1 Å². The lowest BCUT2D eigenvalue weighted by Crippen LogP contribution is -2.44. The second-order valence-electron chi connectivity index (χ2n) is 5.31. The summed E-state index contributed by atoms with van der Waals surface area (Å²) in [5, 5.41) is 0.344. The molecule has 0 radical (unpaired) electrons. The average molecular weight is 261 g/mol. The molecule has 0 aromatic carbocycles. The zero-order valence-electron chi connectivity index (χ0n) is 10.9. The summed E-state index contributed by atoms with van der Waals surface area (Å²) in [6, 6.07) is 0. The predicted molar refractivity (Wildman–Crippen MR) is 71.7 cm³/mol. The monoisotopic (exact) mass is 260 g/mol. The number of piperidine rings is 1. The SMILES string of the molecule is CC(Cl)C1CCN(CCN2CCOCC2)CC1. The van der Waals surface area contributed by atoms with E-state index in [-0.39, 0.29) is 0 Å². The number of nitrogens with zero attached hydrogens (tertiary/aromatic N) is 2. The van der Waals surface area contributed by atoms with Crippen LogP contribution in [0.5, 0.6) is 0 Å². The summed E-state index contributed by atoms with van der Waals surface area (Å²) in [7, 11) is 0. The molecule has 0 amide bonds. The highest BCUT2D eigenvalue weighted by molar-refractivity contribution is 6.20. The third kappa shape index (κ3) is 4.40. The molecule has 4 heteroatoms. The van der Waals surface area contributed by atoms with Gasteiger partial charge in [-0.15, -0.1) is 11.6 Å². The van der Waals surface area contributed by atoms with E-state index in [4.69, 9.17) is 16.3 Å². The van der Waals surface area contributed by atoms with Gasteiger partial charge in [0.25, 0.3) is 0 Å². The van der Waals surface area contributed by atoms with Crippen molar-refractivity contribution in [2.75, 3.05) is 52.5 Å². The molecular weight excluding hydrogens is 236 g/mol. The Hall–Kier alpha value is 0.170. The van der Waals surface area contributed by atoms with Crippen LogP contribution in [0.4, 0.5) is 0 Å². The Balaban J connectivity index is 1.61. The third-order valence-electron chi connectivity index (χ3n) is 4.12. The molecule has 2 fully saturated rings. The van der Waals surface area contributed by atoms with Gasteiger partial charge in [-0.05, 0) is 38.8 Å². The molecular formula is C13H25ClN2O. The highest BCUT2D eigenvalue weighted by Crippen LogP contribution is 2.23. The van der Waals surface area contributed by atoms with Gasteiger partial charge in [0.1, 0.15) is 0 Å². The summed E-state index contributed by atoms with van der Waals surface area (Å²) in [4.78, 5) is 5.10. The van der Waals surface area contributed by atoms with Crippen LogP contribution < -0.4 is 0 Å². The van der Waals surface area contributed by atoms with Crippen LogP contribution in [-0.4, -0.2) is 67.7 Å². The zero-order valence-corrected chi connectivity index (χ0v) is 11.7. The number of alkyl halides is 1. The smallest absolute Gasteiger partial charge is 0.0594 e. The van der Waals surface area contributed by atoms with Gasteiger partial charge in [0, 0.05) is 31.6 Å². The Morgan fingerprint density at radius 1 is 1.06 bits per heavy atom. The fourth-order valence-corrected chi connectivity index (χ4v) is 3.00. The van der Waals surface area contributed by atoms with Crippen LogP contribution in [-0.2, 0) is 4.74 Å². The Morgan fingerprint density at radius 2 is 1.59 bits per heavy atom. The first-order valence-corrected chi connectivity index (χ1v) is 7.36. The van der Waals surface area contributed by atoms with E-state index in [9.17, 15) is 0 Å². The summed E-state index contributed by atoms with van der Waals surface area (Å²) in [6.45, 7) is 11.0. The quantitative estimate of drug-likeness (QED) is 0.715. The van der Waals surface area contributed by atoms with Gasteiger partial charge in [0.15, 0.2) is 0 Å². The molecule has 2 aliphatic rings. The van der Waals surface area contributed by atoms with Crippen LogP contribution in [0.15, 0.2) is 0 Å². The van der Waals surface area contributed by atoms with Gasteiger partial charge in [0.05, 0.1) is 13.2 Å². The molecule has 2 rings (SSSR count). The minimum atomic E-state index is 0.344. The van der Waals surface area contributed by atoms with Gasteiger partial charge in [-0.3, -0.25) is 4.90 Å². The van der Waals surface area contributed by atoms with E-state index in [0.717, 1.165) is 32.2 Å². The summed E-state index contributed by atoms with van der Waals surface area (Å²) in [5.41, 5.74) is 0. The summed E-state index contributed by atoms with van der Waals surface area (Å²) in [5.74, 6) is 0.733. The van der Waals surface area contributed by atoms with Crippen LogP contribution in [0.1, 0.15) is 19.8 Å². The van der Waals surface area contributed by atoms with Gasteiger partial charge >= 0.3 is 0 Å². The number of morpholine rings is 1. The van der Waals surface area contributed by atoms with Gasteiger partial charge in [0.2, 0.25) is 0 Å². The average Bonchev–Trinajstić information content (AvgIpc) is 2.38. The first-order valence-electron chi connectivity index (χ1n) is 6.92. The molecule has 2 heterocycles.